The van der Waals surface area contributed by atoms with Crippen LogP contribution >= 0.6 is 11.8 Å². The van der Waals surface area contributed by atoms with E-state index in [1.165, 1.54) is 16.4 Å². The molecule has 5 rings (SSSR count). The highest BCUT2D eigenvalue weighted by Gasteiger charge is 2.47. The fraction of sp³-hybridized carbons (Fsp3) is 0.571. The van der Waals surface area contributed by atoms with Crippen LogP contribution in [0.3, 0.4) is 0 Å². The van der Waals surface area contributed by atoms with Crippen molar-refractivity contribution in [3.63, 3.8) is 0 Å². The van der Waals surface area contributed by atoms with Gasteiger partial charge in [0.25, 0.3) is 5.91 Å². The molecule has 2 saturated heterocycles. The molecule has 2 atom stereocenters. The zero-order valence-corrected chi connectivity index (χ0v) is 18.1. The Bertz CT molecular complexity index is 916. The van der Waals surface area contributed by atoms with Gasteiger partial charge in [0, 0.05) is 32.4 Å². The second-order valence-corrected chi connectivity index (χ2v) is 8.92. The lowest BCUT2D eigenvalue weighted by Crippen LogP contribution is -2.49. The summed E-state index contributed by atoms with van der Waals surface area (Å²) in [6, 6.07) is 7.92. The van der Waals surface area contributed by atoms with E-state index in [9.17, 15) is 4.79 Å². The van der Waals surface area contributed by atoms with Gasteiger partial charge in [0.2, 0.25) is 0 Å². The van der Waals surface area contributed by atoms with Crippen LogP contribution in [0.5, 0.6) is 5.75 Å². The predicted molar refractivity (Wildman–Crippen MR) is 111 cm³/mol. The Morgan fingerprint density at radius 2 is 1.93 bits per heavy atom. The molecule has 0 bridgehead atoms. The number of hydrogen-bond acceptors (Lipinski definition) is 8. The third-order valence-corrected chi connectivity index (χ3v) is 7.32. The number of thioether (sulfide) groups is 1. The lowest BCUT2D eigenvalue weighted by atomic mass is 9.95. The average Bonchev–Trinajstić information content (AvgIpc) is 3.48. The molecule has 2 unspecified atom stereocenters. The molecular formula is C21H26N4O4S. The Balaban J connectivity index is 1.43. The van der Waals surface area contributed by atoms with Crippen molar-refractivity contribution >= 4 is 17.7 Å². The first-order valence-electron chi connectivity index (χ1n) is 10.5. The molecule has 0 saturated carbocycles. The van der Waals surface area contributed by atoms with Crippen molar-refractivity contribution in [1.29, 1.82) is 0 Å². The van der Waals surface area contributed by atoms with E-state index in [-0.39, 0.29) is 17.2 Å². The topological polar surface area (TPSA) is 78.7 Å². The average molecular weight is 431 g/mol. The number of likely N-dealkylation sites (tertiary alicyclic amines) is 1. The van der Waals surface area contributed by atoms with Crippen LogP contribution in [0.25, 0.3) is 0 Å². The minimum absolute atomic E-state index is 0.00308. The van der Waals surface area contributed by atoms with E-state index < -0.39 is 5.79 Å². The highest BCUT2D eigenvalue weighted by Crippen LogP contribution is 2.43. The summed E-state index contributed by atoms with van der Waals surface area (Å²) >= 11 is 1.52. The first-order valence-corrected chi connectivity index (χ1v) is 11.3. The van der Waals surface area contributed by atoms with Crippen LogP contribution in [-0.2, 0) is 15.9 Å². The molecule has 0 aliphatic carbocycles. The van der Waals surface area contributed by atoms with Gasteiger partial charge in [0.05, 0.1) is 26.4 Å². The van der Waals surface area contributed by atoms with Crippen molar-refractivity contribution in [1.82, 2.24) is 19.7 Å². The zero-order valence-electron chi connectivity index (χ0n) is 17.2. The molecule has 3 aliphatic rings. The summed E-state index contributed by atoms with van der Waals surface area (Å²) in [4.78, 5) is 20.2. The lowest BCUT2D eigenvalue weighted by molar-refractivity contribution is -0.187. The SMILES string of the molecule is CCc1nc2n(n1)C(=O)C(C(c1ccc(OC)cc1)N1CCC3(CC1)OCCO3)S2. The molecule has 30 heavy (non-hydrogen) atoms. The van der Waals surface area contributed by atoms with Gasteiger partial charge in [-0.05, 0) is 17.7 Å². The fourth-order valence-electron chi connectivity index (χ4n) is 4.50. The summed E-state index contributed by atoms with van der Waals surface area (Å²) in [5, 5.41) is 4.80. The van der Waals surface area contributed by atoms with Crippen molar-refractivity contribution in [3.05, 3.63) is 35.7 Å². The van der Waals surface area contributed by atoms with E-state index in [1.807, 2.05) is 19.1 Å². The van der Waals surface area contributed by atoms with Gasteiger partial charge in [-0.1, -0.05) is 30.8 Å². The Kier molecular flexibility index (Phi) is 5.30. The fourth-order valence-corrected chi connectivity index (χ4v) is 5.77. The van der Waals surface area contributed by atoms with E-state index in [0.29, 0.717) is 30.6 Å². The number of carbonyl (C=O) groups is 1. The highest BCUT2D eigenvalue weighted by atomic mass is 32.2. The van der Waals surface area contributed by atoms with Crippen LogP contribution in [0.2, 0.25) is 0 Å². The van der Waals surface area contributed by atoms with Crippen molar-refractivity contribution in [2.45, 2.75) is 48.4 Å². The molecule has 8 nitrogen and oxygen atoms in total. The van der Waals surface area contributed by atoms with Gasteiger partial charge < -0.3 is 14.2 Å². The Morgan fingerprint density at radius 1 is 1.23 bits per heavy atom. The van der Waals surface area contributed by atoms with Crippen LogP contribution in [0.15, 0.2) is 29.4 Å². The summed E-state index contributed by atoms with van der Waals surface area (Å²) < 4.78 is 18.6. The summed E-state index contributed by atoms with van der Waals surface area (Å²) in [7, 11) is 1.66. The molecule has 160 valence electrons. The molecule has 0 amide bonds. The van der Waals surface area contributed by atoms with Gasteiger partial charge in [0.1, 0.15) is 11.0 Å². The molecule has 1 spiro atoms. The molecule has 1 aromatic carbocycles. The van der Waals surface area contributed by atoms with Gasteiger partial charge >= 0.3 is 0 Å². The van der Waals surface area contributed by atoms with E-state index in [1.54, 1.807) is 7.11 Å². The third-order valence-electron chi connectivity index (χ3n) is 6.13. The Labute approximate surface area is 179 Å². The van der Waals surface area contributed by atoms with Crippen molar-refractivity contribution in [2.24, 2.45) is 0 Å². The zero-order chi connectivity index (χ0) is 20.7. The van der Waals surface area contributed by atoms with E-state index in [4.69, 9.17) is 14.2 Å². The molecule has 2 fully saturated rings. The van der Waals surface area contributed by atoms with E-state index >= 15 is 0 Å². The normalized spacial score (nSPS) is 24.3. The third kappa shape index (κ3) is 3.43. The Hall–Kier alpha value is -1.94. The maximum absolute atomic E-state index is 13.3. The second kappa shape index (κ2) is 7.96. The van der Waals surface area contributed by atoms with E-state index in [2.05, 4.69) is 27.1 Å². The summed E-state index contributed by atoms with van der Waals surface area (Å²) in [6.07, 6.45) is 2.32. The predicted octanol–water partition coefficient (Wildman–Crippen LogP) is 2.54. The van der Waals surface area contributed by atoms with Crippen LogP contribution in [0.4, 0.5) is 0 Å². The molecule has 3 aliphatic heterocycles. The van der Waals surface area contributed by atoms with Gasteiger partial charge in [-0.3, -0.25) is 9.69 Å². The maximum atomic E-state index is 13.3. The summed E-state index contributed by atoms with van der Waals surface area (Å²) in [5.41, 5.74) is 1.09. The lowest BCUT2D eigenvalue weighted by Gasteiger charge is -2.42. The van der Waals surface area contributed by atoms with Gasteiger partial charge in [-0.25, -0.2) is 4.98 Å². The van der Waals surface area contributed by atoms with E-state index in [0.717, 1.165) is 37.2 Å². The van der Waals surface area contributed by atoms with Crippen LogP contribution < -0.4 is 4.74 Å². The molecule has 0 N–H and O–H groups in total. The number of aromatic nitrogens is 3. The number of benzene rings is 1. The van der Waals surface area contributed by atoms with Crippen LogP contribution in [-0.4, -0.2) is 70.0 Å². The van der Waals surface area contributed by atoms with Crippen molar-refractivity contribution in [2.75, 3.05) is 33.4 Å². The van der Waals surface area contributed by atoms with Crippen LogP contribution in [0.1, 0.15) is 42.0 Å². The maximum Gasteiger partial charge on any atom is 0.264 e. The standard InChI is InChI=1S/C21H26N4O4S/c1-3-16-22-20-25(23-16)19(26)18(30-20)17(14-4-6-15(27-2)7-5-14)24-10-8-21(9-11-24)28-12-13-29-21/h4-7,17-18H,3,8-13H2,1-2H3. The summed E-state index contributed by atoms with van der Waals surface area (Å²) in [6.45, 7) is 4.92. The molecule has 0 radical (unpaired) electrons. The number of nitrogens with zero attached hydrogens (tertiary/aromatic N) is 4. The Morgan fingerprint density at radius 3 is 2.53 bits per heavy atom. The van der Waals surface area contributed by atoms with Crippen LogP contribution in [0, 0.1) is 0 Å². The first-order chi connectivity index (χ1) is 14.6. The van der Waals surface area contributed by atoms with Gasteiger partial charge in [-0.2, -0.15) is 4.68 Å². The van der Waals surface area contributed by atoms with Gasteiger partial charge in [0.15, 0.2) is 16.8 Å². The largest absolute Gasteiger partial charge is 0.497 e. The quantitative estimate of drug-likeness (QED) is 0.716. The molecule has 1 aromatic heterocycles. The second-order valence-electron chi connectivity index (χ2n) is 7.81. The molecule has 4 heterocycles. The minimum atomic E-state index is -0.446. The number of fused-ring (bicyclic) bond motifs is 1. The number of carbonyl (C=O) groups excluding carboxylic acids is 1. The monoisotopic (exact) mass is 430 g/mol. The summed E-state index contributed by atoms with van der Waals surface area (Å²) in [5.74, 6) is 1.06. The number of ether oxygens (including phenoxy) is 3. The first kappa shape index (κ1) is 20.0. The number of aryl methyl sites for hydroxylation is 1. The van der Waals surface area contributed by atoms with Crippen molar-refractivity contribution in [3.8, 4) is 5.75 Å². The highest BCUT2D eigenvalue weighted by molar-refractivity contribution is 8.00. The van der Waals surface area contributed by atoms with Gasteiger partial charge in [-0.15, -0.1) is 5.10 Å². The number of piperidine rings is 1. The minimum Gasteiger partial charge on any atom is -0.497 e. The van der Waals surface area contributed by atoms with Crippen molar-refractivity contribution < 1.29 is 19.0 Å². The number of hydrogen-bond donors (Lipinski definition) is 0. The smallest absolute Gasteiger partial charge is 0.264 e. The number of rotatable bonds is 5. The molecular weight excluding hydrogens is 404 g/mol. The molecule has 9 heteroatoms. The molecule has 2 aromatic rings. The number of methoxy groups -OCH3 is 1.